The van der Waals surface area contributed by atoms with Crippen molar-refractivity contribution in [3.63, 3.8) is 0 Å². The first-order valence-corrected chi connectivity index (χ1v) is 5.10. The molecular weight excluding hydrogens is 251 g/mol. The van der Waals surface area contributed by atoms with E-state index in [4.69, 9.17) is 28.9 Å². The third kappa shape index (κ3) is 3.36. The van der Waals surface area contributed by atoms with Crippen molar-refractivity contribution >= 4 is 35.1 Å². The van der Waals surface area contributed by atoms with Crippen molar-refractivity contribution in [2.75, 3.05) is 14.1 Å². The molecule has 0 atom stereocenters. The lowest BCUT2D eigenvalue weighted by molar-refractivity contribution is -0.467. The van der Waals surface area contributed by atoms with Crippen LogP contribution in [0.2, 0.25) is 10.3 Å². The quantitative estimate of drug-likeness (QED) is 0.339. The molecule has 7 heteroatoms. The summed E-state index contributed by atoms with van der Waals surface area (Å²) in [7, 11) is 3.42. The van der Waals surface area contributed by atoms with Gasteiger partial charge in [0.2, 0.25) is 0 Å². The van der Waals surface area contributed by atoms with E-state index in [1.165, 1.54) is 12.1 Å². The van der Waals surface area contributed by atoms with Gasteiger partial charge in [-0.2, -0.15) is 0 Å². The number of hydrogen-bond acceptors (Lipinski definition) is 2. The second-order valence-corrected chi connectivity index (χ2v) is 4.01. The van der Waals surface area contributed by atoms with Crippen LogP contribution < -0.4 is 11.1 Å². The Kier molecular flexibility index (Phi) is 4.09. The normalized spacial score (nSPS) is 9.75. The molecule has 0 saturated heterocycles. The molecule has 1 amide bonds. The van der Waals surface area contributed by atoms with E-state index in [2.05, 4.69) is 10.3 Å². The van der Waals surface area contributed by atoms with Crippen molar-refractivity contribution in [3.8, 4) is 0 Å². The molecule has 1 rings (SSSR count). The average molecular weight is 262 g/mol. The van der Waals surface area contributed by atoms with Gasteiger partial charge in [0.1, 0.15) is 10.3 Å². The first-order chi connectivity index (χ1) is 7.40. The van der Waals surface area contributed by atoms with Crippen molar-refractivity contribution in [2.45, 2.75) is 0 Å². The van der Waals surface area contributed by atoms with Gasteiger partial charge in [-0.05, 0) is 12.1 Å². The molecule has 0 aromatic carbocycles. The van der Waals surface area contributed by atoms with Crippen LogP contribution in [0.5, 0.6) is 0 Å². The van der Waals surface area contributed by atoms with Gasteiger partial charge in [0.15, 0.2) is 0 Å². The number of nitrogens with zero attached hydrogens (tertiary/aromatic N) is 2. The Morgan fingerprint density at radius 2 is 1.88 bits per heavy atom. The molecule has 0 aliphatic rings. The van der Waals surface area contributed by atoms with Crippen LogP contribution in [0.15, 0.2) is 12.1 Å². The Labute approximate surface area is 103 Å². The van der Waals surface area contributed by atoms with Gasteiger partial charge in [-0.25, -0.2) is 10.3 Å². The molecule has 0 aliphatic carbocycles. The van der Waals surface area contributed by atoms with Crippen molar-refractivity contribution in [1.82, 2.24) is 10.3 Å². The zero-order chi connectivity index (χ0) is 12.3. The summed E-state index contributed by atoms with van der Waals surface area (Å²) in [5.41, 5.74) is 5.86. The molecule has 0 saturated carbocycles. The minimum Gasteiger partial charge on any atom is -0.290 e. The number of aromatic nitrogens is 1. The number of nitrogens with one attached hydrogen (secondary N) is 1. The highest BCUT2D eigenvalue weighted by Gasteiger charge is 2.14. The molecule has 0 radical (unpaired) electrons. The number of guanidine groups is 1. The topological polar surface area (TPSA) is 71.0 Å². The smallest absolute Gasteiger partial charge is 0.290 e. The highest BCUT2D eigenvalue weighted by Crippen LogP contribution is 2.14. The Bertz CT molecular complexity index is 435. The lowest BCUT2D eigenvalue weighted by Crippen LogP contribution is -2.41. The third-order valence-electron chi connectivity index (χ3n) is 1.75. The Balaban J connectivity index is 2.93. The molecule has 86 valence electrons. The molecule has 0 spiro atoms. The predicted octanol–water partition coefficient (Wildman–Crippen LogP) is 0.705. The van der Waals surface area contributed by atoms with Gasteiger partial charge in [-0.15, -0.1) is 0 Å². The summed E-state index contributed by atoms with van der Waals surface area (Å²) in [4.78, 5) is 15.4. The van der Waals surface area contributed by atoms with Crippen molar-refractivity contribution < 1.29 is 9.37 Å². The molecule has 3 N–H and O–H groups in total. The Morgan fingerprint density at radius 3 is 2.31 bits per heavy atom. The molecule has 0 fully saturated rings. The van der Waals surface area contributed by atoms with Crippen LogP contribution in [0.1, 0.15) is 10.4 Å². The summed E-state index contributed by atoms with van der Waals surface area (Å²) in [6.07, 6.45) is 0. The monoisotopic (exact) mass is 261 g/mol. The SMILES string of the molecule is C[N+](C)=C(N)NC(=O)c1cc(Cl)nc(Cl)c1. The highest BCUT2D eigenvalue weighted by molar-refractivity contribution is 6.33. The Morgan fingerprint density at radius 1 is 1.38 bits per heavy atom. The number of carbonyl (C=O) groups excluding carboxylic acids is 1. The van der Waals surface area contributed by atoms with Crippen LogP contribution in [-0.4, -0.2) is 35.5 Å². The van der Waals surface area contributed by atoms with Crippen LogP contribution in [-0.2, 0) is 0 Å². The van der Waals surface area contributed by atoms with Crippen molar-refractivity contribution in [1.29, 1.82) is 0 Å². The van der Waals surface area contributed by atoms with Crippen LogP contribution in [0.25, 0.3) is 0 Å². The molecule has 1 aromatic rings. The fourth-order valence-corrected chi connectivity index (χ4v) is 1.36. The van der Waals surface area contributed by atoms with Crippen LogP contribution in [0.3, 0.4) is 0 Å². The second-order valence-electron chi connectivity index (χ2n) is 3.24. The van der Waals surface area contributed by atoms with Gasteiger partial charge in [0.25, 0.3) is 0 Å². The lowest BCUT2D eigenvalue weighted by atomic mass is 10.2. The van der Waals surface area contributed by atoms with Crippen LogP contribution in [0, 0.1) is 0 Å². The molecule has 5 nitrogen and oxygen atoms in total. The van der Waals surface area contributed by atoms with E-state index in [-0.39, 0.29) is 16.3 Å². The summed E-state index contributed by atoms with van der Waals surface area (Å²) >= 11 is 11.3. The number of pyridine rings is 1. The largest absolute Gasteiger partial charge is 0.350 e. The fourth-order valence-electron chi connectivity index (χ4n) is 0.896. The standard InChI is InChI=1S/C9H10Cl2N4O/c1-15(2)9(12)14-8(16)5-3-6(10)13-7(11)4-5/h3-4H,1-2H3,(H2,12,14,16)/p+1. The van der Waals surface area contributed by atoms with E-state index in [1.807, 2.05) is 0 Å². The number of nitrogens with two attached hydrogens (primary N) is 1. The summed E-state index contributed by atoms with van der Waals surface area (Å²) < 4.78 is 1.57. The summed E-state index contributed by atoms with van der Waals surface area (Å²) in [6.45, 7) is 0. The first-order valence-electron chi connectivity index (χ1n) is 4.34. The van der Waals surface area contributed by atoms with E-state index < -0.39 is 5.91 Å². The van der Waals surface area contributed by atoms with E-state index in [1.54, 1.807) is 18.7 Å². The van der Waals surface area contributed by atoms with Gasteiger partial charge >= 0.3 is 11.9 Å². The maximum absolute atomic E-state index is 11.7. The summed E-state index contributed by atoms with van der Waals surface area (Å²) in [5, 5.41) is 2.79. The first kappa shape index (κ1) is 12.7. The predicted molar refractivity (Wildman–Crippen MR) is 63.0 cm³/mol. The zero-order valence-electron chi connectivity index (χ0n) is 8.79. The maximum atomic E-state index is 11.7. The van der Waals surface area contributed by atoms with Gasteiger partial charge in [-0.1, -0.05) is 23.2 Å². The van der Waals surface area contributed by atoms with E-state index in [0.29, 0.717) is 5.56 Å². The minimum absolute atomic E-state index is 0.154. The molecule has 0 aliphatic heterocycles. The lowest BCUT2D eigenvalue weighted by Gasteiger charge is -2.02. The molecular formula is C9H11Cl2N4O+. The maximum Gasteiger partial charge on any atom is 0.350 e. The third-order valence-corrected chi connectivity index (χ3v) is 2.14. The number of rotatable bonds is 1. The van der Waals surface area contributed by atoms with Crippen molar-refractivity contribution in [3.05, 3.63) is 28.0 Å². The van der Waals surface area contributed by atoms with Crippen LogP contribution >= 0.6 is 23.2 Å². The number of amides is 1. The molecule has 16 heavy (non-hydrogen) atoms. The van der Waals surface area contributed by atoms with E-state index in [9.17, 15) is 4.79 Å². The molecule has 0 bridgehead atoms. The average Bonchev–Trinajstić information content (AvgIpc) is 2.15. The van der Waals surface area contributed by atoms with Crippen LogP contribution in [0.4, 0.5) is 0 Å². The Hall–Kier alpha value is -1.33. The molecule has 1 heterocycles. The fraction of sp³-hybridized carbons (Fsp3) is 0.222. The number of halogens is 2. The van der Waals surface area contributed by atoms with Crippen molar-refractivity contribution in [2.24, 2.45) is 5.73 Å². The van der Waals surface area contributed by atoms with Gasteiger partial charge in [0, 0.05) is 0 Å². The molecule has 1 aromatic heterocycles. The number of hydrogen-bond donors (Lipinski definition) is 2. The number of carbonyl (C=O) groups is 1. The zero-order valence-corrected chi connectivity index (χ0v) is 10.3. The second kappa shape index (κ2) is 5.14. The molecule has 0 unspecified atom stereocenters. The van der Waals surface area contributed by atoms with E-state index in [0.717, 1.165) is 0 Å². The minimum atomic E-state index is -0.391. The van der Waals surface area contributed by atoms with E-state index >= 15 is 0 Å². The summed E-state index contributed by atoms with van der Waals surface area (Å²) in [5.74, 6) is -0.161. The highest BCUT2D eigenvalue weighted by atomic mass is 35.5. The van der Waals surface area contributed by atoms with Gasteiger partial charge < -0.3 is 0 Å². The van der Waals surface area contributed by atoms with Gasteiger partial charge in [-0.3, -0.25) is 15.1 Å². The van der Waals surface area contributed by atoms with Gasteiger partial charge in [0.05, 0.1) is 19.7 Å². The summed E-state index contributed by atoms with van der Waals surface area (Å²) in [6, 6.07) is 2.82.